The molecule has 2 saturated carbocycles. The minimum absolute atomic E-state index is 0.207. The smallest absolute Gasteiger partial charge is 0.229 e. The highest BCUT2D eigenvalue weighted by Gasteiger charge is 2.22. The van der Waals surface area contributed by atoms with E-state index in [1.54, 1.807) is 0 Å². The van der Waals surface area contributed by atoms with Crippen LogP contribution < -0.4 is 16.0 Å². The van der Waals surface area contributed by atoms with Crippen LogP contribution in [0.25, 0.3) is 11.1 Å². The summed E-state index contributed by atoms with van der Waals surface area (Å²) < 4.78 is 0. The van der Waals surface area contributed by atoms with E-state index >= 15 is 0 Å². The van der Waals surface area contributed by atoms with Crippen molar-refractivity contribution in [1.82, 2.24) is 30.1 Å². The summed E-state index contributed by atoms with van der Waals surface area (Å²) in [7, 11) is 2.19. The second-order valence-corrected chi connectivity index (χ2v) is 13.9. The number of hydrogen-bond acceptors (Lipinski definition) is 9. The number of benzene rings is 2. The maximum absolute atomic E-state index is 10.1. The Hall–Kier alpha value is -4.33. The summed E-state index contributed by atoms with van der Waals surface area (Å²) in [4.78, 5) is 19.1. The maximum Gasteiger partial charge on any atom is 0.229 e. The summed E-state index contributed by atoms with van der Waals surface area (Å²) >= 11 is 0. The number of likely N-dealkylation sites (N-methyl/N-ethyl adjacent to an activating group) is 1. The molecule has 49 heavy (non-hydrogen) atoms. The van der Waals surface area contributed by atoms with Gasteiger partial charge in [0.05, 0.1) is 6.10 Å². The zero-order valence-corrected chi connectivity index (χ0v) is 28.5. The molecule has 0 amide bonds. The van der Waals surface area contributed by atoms with Gasteiger partial charge in [-0.15, -0.1) is 0 Å². The summed E-state index contributed by atoms with van der Waals surface area (Å²) in [5, 5.41) is 20.8. The topological polar surface area (TPSA) is 101 Å². The van der Waals surface area contributed by atoms with Crippen LogP contribution in [-0.4, -0.2) is 81.3 Å². The molecule has 0 unspecified atom stereocenters. The third kappa shape index (κ3) is 9.22. The Morgan fingerprint density at radius 1 is 0.816 bits per heavy atom. The molecule has 3 fully saturated rings. The molecule has 2 aromatic carbocycles. The molecule has 4 aromatic rings. The fourth-order valence-electron chi connectivity index (χ4n) is 6.66. The molecule has 0 radical (unpaired) electrons. The molecule has 9 nitrogen and oxygen atoms in total. The second-order valence-electron chi connectivity index (χ2n) is 13.9. The molecule has 0 atom stereocenters. The van der Waals surface area contributed by atoms with Crippen LogP contribution in [0.2, 0.25) is 0 Å². The van der Waals surface area contributed by atoms with Crippen molar-refractivity contribution in [3.63, 3.8) is 0 Å². The van der Waals surface area contributed by atoms with Gasteiger partial charge in [-0.1, -0.05) is 36.6 Å². The van der Waals surface area contributed by atoms with Crippen LogP contribution in [-0.2, 0) is 13.1 Å². The molecular formula is C40H48N8O. The van der Waals surface area contributed by atoms with Crippen LogP contribution in [0.3, 0.4) is 0 Å². The van der Waals surface area contributed by atoms with Gasteiger partial charge >= 0.3 is 0 Å². The lowest BCUT2D eigenvalue weighted by Crippen LogP contribution is -2.43. The number of hydrogen-bond donors (Lipinski definition) is 4. The summed E-state index contributed by atoms with van der Waals surface area (Å²) in [5.74, 6) is 7.82. The van der Waals surface area contributed by atoms with Gasteiger partial charge in [-0.2, -0.15) is 4.98 Å². The first-order valence-electron chi connectivity index (χ1n) is 17.9. The molecule has 1 aliphatic heterocycles. The highest BCUT2D eigenvalue weighted by Crippen LogP contribution is 2.31. The lowest BCUT2D eigenvalue weighted by molar-refractivity contribution is 0.126. The average molecular weight is 657 g/mol. The first-order valence-corrected chi connectivity index (χ1v) is 17.9. The Morgan fingerprint density at radius 2 is 1.59 bits per heavy atom. The number of nitrogens with zero attached hydrogens (tertiary/aromatic N) is 5. The van der Waals surface area contributed by atoms with E-state index < -0.39 is 0 Å². The fourth-order valence-corrected chi connectivity index (χ4v) is 6.66. The van der Waals surface area contributed by atoms with Gasteiger partial charge < -0.3 is 26.0 Å². The van der Waals surface area contributed by atoms with Crippen LogP contribution in [0.5, 0.6) is 0 Å². The van der Waals surface area contributed by atoms with Crippen molar-refractivity contribution in [3.05, 3.63) is 95.4 Å². The molecule has 0 bridgehead atoms. The van der Waals surface area contributed by atoms with Crippen LogP contribution in [0.15, 0.2) is 73.1 Å². The van der Waals surface area contributed by atoms with Gasteiger partial charge in [-0.05, 0) is 105 Å². The molecular weight excluding hydrogens is 608 g/mol. The molecule has 2 aromatic heterocycles. The van der Waals surface area contributed by atoms with Crippen molar-refractivity contribution in [2.45, 2.75) is 76.2 Å². The van der Waals surface area contributed by atoms with E-state index in [1.807, 2.05) is 36.7 Å². The number of pyridine rings is 1. The summed E-state index contributed by atoms with van der Waals surface area (Å²) in [6, 6.07) is 21.9. The van der Waals surface area contributed by atoms with Crippen molar-refractivity contribution < 1.29 is 5.11 Å². The van der Waals surface area contributed by atoms with Gasteiger partial charge in [-0.25, -0.2) is 9.97 Å². The van der Waals surface area contributed by atoms with Gasteiger partial charge in [0, 0.05) is 80.6 Å². The van der Waals surface area contributed by atoms with E-state index in [9.17, 15) is 5.11 Å². The average Bonchev–Trinajstić information content (AvgIpc) is 3.10. The number of piperazine rings is 1. The predicted molar refractivity (Wildman–Crippen MR) is 197 cm³/mol. The Kier molecular flexibility index (Phi) is 10.8. The van der Waals surface area contributed by atoms with E-state index in [2.05, 4.69) is 86.0 Å². The lowest BCUT2D eigenvalue weighted by atomic mass is 9.93. The van der Waals surface area contributed by atoms with Crippen molar-refractivity contribution in [2.24, 2.45) is 0 Å². The molecule has 4 N–H and O–H groups in total. The standard InChI is InChI=1S/C40H48N8O/c1-47-21-23-48(24-22-47)28-30-5-10-32(11-6-30)38-27-43-40(46-39(38)44-34-15-17-37(49)18-16-34)45-35-12-7-29(8-13-35)9-14-36-25-31(19-20-41-36)26-42-33-3-2-4-33/h5-8,10-13,19-20,25,27,33-34,37,42,49H,2-4,15-18,21-24,26,28H2,1H3,(H2,43,44,45,46). The van der Waals surface area contributed by atoms with Crippen molar-refractivity contribution in [2.75, 3.05) is 43.9 Å². The van der Waals surface area contributed by atoms with Gasteiger partial charge in [0.15, 0.2) is 0 Å². The molecule has 2 aliphatic carbocycles. The highest BCUT2D eigenvalue weighted by molar-refractivity contribution is 5.76. The minimum atomic E-state index is -0.207. The number of rotatable bonds is 10. The Labute approximate surface area is 290 Å². The van der Waals surface area contributed by atoms with E-state index in [1.165, 1.54) is 30.4 Å². The number of aromatic nitrogens is 3. The molecule has 9 heteroatoms. The Bertz CT molecular complexity index is 1730. The normalized spacial score (nSPS) is 20.2. The summed E-state index contributed by atoms with van der Waals surface area (Å²) in [6.45, 7) is 6.26. The molecule has 3 heterocycles. The van der Waals surface area contributed by atoms with Crippen molar-refractivity contribution >= 4 is 17.5 Å². The number of anilines is 3. The monoisotopic (exact) mass is 656 g/mol. The molecule has 1 saturated heterocycles. The zero-order chi connectivity index (χ0) is 33.4. The number of aliphatic hydroxyl groups excluding tert-OH is 1. The van der Waals surface area contributed by atoms with Crippen molar-refractivity contribution in [3.8, 4) is 23.0 Å². The van der Waals surface area contributed by atoms with Crippen LogP contribution in [0.1, 0.15) is 67.3 Å². The van der Waals surface area contributed by atoms with E-state index in [-0.39, 0.29) is 12.1 Å². The van der Waals surface area contributed by atoms with E-state index in [4.69, 9.17) is 9.97 Å². The predicted octanol–water partition coefficient (Wildman–Crippen LogP) is 5.79. The Balaban J connectivity index is 1.03. The number of aliphatic hydroxyl groups is 1. The molecule has 7 rings (SSSR count). The Morgan fingerprint density at radius 3 is 2.33 bits per heavy atom. The molecule has 0 spiro atoms. The first kappa shape index (κ1) is 33.2. The third-order valence-corrected chi connectivity index (χ3v) is 10.1. The minimum Gasteiger partial charge on any atom is -0.393 e. The summed E-state index contributed by atoms with van der Waals surface area (Å²) in [5.41, 5.74) is 7.18. The van der Waals surface area contributed by atoms with Gasteiger partial charge in [0.2, 0.25) is 5.95 Å². The van der Waals surface area contributed by atoms with Crippen LogP contribution >= 0.6 is 0 Å². The van der Waals surface area contributed by atoms with Gasteiger partial charge in [0.1, 0.15) is 11.5 Å². The van der Waals surface area contributed by atoms with E-state index in [0.717, 1.165) is 98.8 Å². The SMILES string of the molecule is CN1CCN(Cc2ccc(-c3cnc(Nc4ccc(C#Cc5cc(CNC6CCC6)ccn5)cc4)nc3NC3CCC(O)CC3)cc2)CC1. The quantitative estimate of drug-likeness (QED) is 0.158. The van der Waals surface area contributed by atoms with Crippen LogP contribution in [0, 0.1) is 11.8 Å². The number of nitrogens with one attached hydrogen (secondary N) is 3. The van der Waals surface area contributed by atoms with Gasteiger partial charge in [0.25, 0.3) is 0 Å². The zero-order valence-electron chi connectivity index (χ0n) is 28.5. The van der Waals surface area contributed by atoms with Crippen LogP contribution in [0.4, 0.5) is 17.5 Å². The fraction of sp³-hybridized carbons (Fsp3) is 0.425. The summed E-state index contributed by atoms with van der Waals surface area (Å²) in [6.07, 6.45) is 10.9. The lowest BCUT2D eigenvalue weighted by Gasteiger charge is -2.32. The van der Waals surface area contributed by atoms with Crippen molar-refractivity contribution in [1.29, 1.82) is 0 Å². The largest absolute Gasteiger partial charge is 0.393 e. The third-order valence-electron chi connectivity index (χ3n) is 10.1. The first-order chi connectivity index (χ1) is 24.0. The molecule has 254 valence electrons. The van der Waals surface area contributed by atoms with Gasteiger partial charge in [-0.3, -0.25) is 4.90 Å². The van der Waals surface area contributed by atoms with E-state index in [0.29, 0.717) is 12.0 Å². The molecule has 3 aliphatic rings. The maximum atomic E-state index is 10.1. The second kappa shape index (κ2) is 15.9. The highest BCUT2D eigenvalue weighted by atomic mass is 16.3.